The van der Waals surface area contributed by atoms with Gasteiger partial charge in [-0.1, -0.05) is 18.2 Å². The molecule has 0 saturated carbocycles. The molecule has 0 aromatic heterocycles. The Labute approximate surface area is 68.5 Å². The Hall–Kier alpha value is -0.870. The molecule has 1 unspecified atom stereocenters. The molecule has 0 spiro atoms. The number of hydrogen-bond donors (Lipinski definition) is 2. The van der Waals surface area contributed by atoms with Gasteiger partial charge in [-0.05, 0) is 12.1 Å². The number of rotatable bonds is 0. The van der Waals surface area contributed by atoms with Crippen LogP contribution in [0.15, 0.2) is 30.3 Å². The average molecular weight is 173 g/mol. The quantitative estimate of drug-likeness (QED) is 0.456. The molecular formula is C7H11NO2S. The third kappa shape index (κ3) is 9.13. The molecule has 3 nitrogen and oxygen atoms in total. The lowest BCUT2D eigenvalue weighted by Gasteiger charge is -1.83. The molecule has 3 N–H and O–H groups in total. The summed E-state index contributed by atoms with van der Waals surface area (Å²) in [6.07, 6.45) is 1.19. The first kappa shape index (κ1) is 10.1. The van der Waals surface area contributed by atoms with Gasteiger partial charge in [0.2, 0.25) is 0 Å². The molecule has 1 aromatic carbocycles. The molecular weight excluding hydrogens is 162 g/mol. The second kappa shape index (κ2) is 5.88. The third-order valence-electron chi connectivity index (χ3n) is 0.800. The van der Waals surface area contributed by atoms with Gasteiger partial charge in [-0.3, -0.25) is 0 Å². The van der Waals surface area contributed by atoms with Gasteiger partial charge in [-0.15, -0.1) is 0 Å². The van der Waals surface area contributed by atoms with Gasteiger partial charge < -0.3 is 10.3 Å². The second-order valence-corrected chi connectivity index (χ2v) is 2.68. The van der Waals surface area contributed by atoms with Crippen LogP contribution in [0.4, 0.5) is 5.69 Å². The van der Waals surface area contributed by atoms with Crippen LogP contribution in [0.5, 0.6) is 0 Å². The smallest absolute Gasteiger partial charge is 0.149 e. The fourth-order valence-corrected chi connectivity index (χ4v) is 0.453. The van der Waals surface area contributed by atoms with Crippen molar-refractivity contribution in [1.29, 1.82) is 0 Å². The molecule has 0 radical (unpaired) electrons. The van der Waals surface area contributed by atoms with Crippen LogP contribution in [-0.2, 0) is 11.1 Å². The highest BCUT2D eigenvalue weighted by molar-refractivity contribution is 7.78. The van der Waals surface area contributed by atoms with Gasteiger partial charge >= 0.3 is 0 Å². The highest BCUT2D eigenvalue weighted by Gasteiger charge is 1.72. The highest BCUT2D eigenvalue weighted by Crippen LogP contribution is 1.95. The van der Waals surface area contributed by atoms with E-state index in [1.807, 2.05) is 30.3 Å². The van der Waals surface area contributed by atoms with E-state index in [9.17, 15) is 0 Å². The first-order valence-corrected chi connectivity index (χ1v) is 4.47. The zero-order valence-corrected chi connectivity index (χ0v) is 7.04. The highest BCUT2D eigenvalue weighted by atomic mass is 32.2. The fourth-order valence-electron chi connectivity index (χ4n) is 0.453. The van der Waals surface area contributed by atoms with E-state index in [0.29, 0.717) is 0 Å². The van der Waals surface area contributed by atoms with Crippen molar-refractivity contribution in [3.05, 3.63) is 30.3 Å². The molecule has 0 heterocycles. The van der Waals surface area contributed by atoms with Gasteiger partial charge in [0.05, 0.1) is 0 Å². The Balaban J connectivity index is 0.000000218. The van der Waals surface area contributed by atoms with E-state index >= 15 is 0 Å². The minimum Gasteiger partial charge on any atom is -0.399 e. The summed E-state index contributed by atoms with van der Waals surface area (Å²) in [7, 11) is 0. The Kier molecular flexibility index (Phi) is 5.42. The van der Waals surface area contributed by atoms with Crippen LogP contribution in [0.1, 0.15) is 0 Å². The lowest BCUT2D eigenvalue weighted by molar-refractivity contribution is 0.571. The summed E-state index contributed by atoms with van der Waals surface area (Å²) in [6.45, 7) is 0. The summed E-state index contributed by atoms with van der Waals surface area (Å²) < 4.78 is 16.6. The Morgan fingerprint density at radius 2 is 1.73 bits per heavy atom. The lowest BCUT2D eigenvalue weighted by Crippen LogP contribution is -1.79. The van der Waals surface area contributed by atoms with Crippen molar-refractivity contribution in [3.8, 4) is 0 Å². The van der Waals surface area contributed by atoms with Crippen LogP contribution >= 0.6 is 0 Å². The molecule has 0 aliphatic carbocycles. The maximum Gasteiger partial charge on any atom is 0.149 e. The largest absolute Gasteiger partial charge is 0.399 e. The minimum atomic E-state index is -1.61. The summed E-state index contributed by atoms with van der Waals surface area (Å²) in [5, 5.41) is 0. The van der Waals surface area contributed by atoms with E-state index in [1.165, 1.54) is 6.26 Å². The molecule has 4 heteroatoms. The summed E-state index contributed by atoms with van der Waals surface area (Å²) in [5.41, 5.74) is 6.18. The molecule has 0 saturated heterocycles. The van der Waals surface area contributed by atoms with Crippen LogP contribution in [0.3, 0.4) is 0 Å². The van der Waals surface area contributed by atoms with Crippen LogP contribution < -0.4 is 5.73 Å². The molecule has 0 aliphatic heterocycles. The van der Waals surface area contributed by atoms with Gasteiger partial charge in [0.1, 0.15) is 11.1 Å². The molecule has 1 aromatic rings. The number of benzene rings is 1. The molecule has 0 amide bonds. The van der Waals surface area contributed by atoms with E-state index in [2.05, 4.69) is 0 Å². The molecule has 1 atom stereocenters. The number of anilines is 1. The molecule has 1 rings (SSSR count). The van der Waals surface area contributed by atoms with Crippen molar-refractivity contribution >= 4 is 16.8 Å². The van der Waals surface area contributed by atoms with E-state index in [0.717, 1.165) is 5.69 Å². The van der Waals surface area contributed by atoms with E-state index in [1.54, 1.807) is 0 Å². The average Bonchev–Trinajstić information content (AvgIpc) is 1.87. The van der Waals surface area contributed by atoms with Crippen molar-refractivity contribution in [2.45, 2.75) is 0 Å². The molecule has 0 bridgehead atoms. The molecule has 62 valence electrons. The zero-order valence-electron chi connectivity index (χ0n) is 6.23. The second-order valence-electron chi connectivity index (χ2n) is 1.83. The molecule has 0 aliphatic rings. The van der Waals surface area contributed by atoms with Crippen LogP contribution in [0.2, 0.25) is 0 Å². The first-order chi connectivity index (χ1) is 5.13. The molecule has 0 fully saturated rings. The van der Waals surface area contributed by atoms with Crippen LogP contribution in [-0.4, -0.2) is 15.0 Å². The van der Waals surface area contributed by atoms with Crippen LogP contribution in [0, 0.1) is 0 Å². The Bertz CT molecular complexity index is 209. The lowest BCUT2D eigenvalue weighted by atomic mass is 10.3. The predicted molar refractivity (Wildman–Crippen MR) is 47.5 cm³/mol. The fraction of sp³-hybridized carbons (Fsp3) is 0.143. The van der Waals surface area contributed by atoms with Gasteiger partial charge in [0.15, 0.2) is 0 Å². The van der Waals surface area contributed by atoms with Crippen LogP contribution in [0.25, 0.3) is 0 Å². The van der Waals surface area contributed by atoms with Gasteiger partial charge in [0, 0.05) is 11.9 Å². The predicted octanol–water partition coefficient (Wildman–Crippen LogP) is 1.11. The summed E-state index contributed by atoms with van der Waals surface area (Å²) >= 11 is -1.61. The van der Waals surface area contributed by atoms with Crippen molar-refractivity contribution in [3.63, 3.8) is 0 Å². The van der Waals surface area contributed by atoms with Gasteiger partial charge in [-0.25, -0.2) is 4.21 Å². The maximum atomic E-state index is 9.11. The number of hydrogen-bond acceptors (Lipinski definition) is 2. The topological polar surface area (TPSA) is 63.3 Å². The summed E-state index contributed by atoms with van der Waals surface area (Å²) in [6, 6.07) is 9.49. The maximum absolute atomic E-state index is 9.11. The Morgan fingerprint density at radius 1 is 1.36 bits per heavy atom. The standard InChI is InChI=1S/C6H7N.CH4O2S/c7-6-4-2-1-3-5-6;1-4(2)3/h1-5H,7H2;1H3,(H,2,3). The number of nitrogens with two attached hydrogens (primary N) is 1. The normalized spacial score (nSPS) is 11.1. The first-order valence-electron chi connectivity index (χ1n) is 2.96. The van der Waals surface area contributed by atoms with E-state index < -0.39 is 11.1 Å². The number of para-hydroxylation sites is 1. The third-order valence-corrected chi connectivity index (χ3v) is 0.800. The minimum absolute atomic E-state index is 0.822. The molecule has 11 heavy (non-hydrogen) atoms. The van der Waals surface area contributed by atoms with E-state index in [-0.39, 0.29) is 0 Å². The van der Waals surface area contributed by atoms with Crippen molar-refractivity contribution in [2.75, 3.05) is 12.0 Å². The van der Waals surface area contributed by atoms with Gasteiger partial charge in [-0.2, -0.15) is 0 Å². The number of nitrogen functional groups attached to an aromatic ring is 1. The zero-order chi connectivity index (χ0) is 8.69. The van der Waals surface area contributed by atoms with E-state index in [4.69, 9.17) is 14.5 Å². The summed E-state index contributed by atoms with van der Waals surface area (Å²) in [5.74, 6) is 0. The SMILES string of the molecule is CS(=O)O.Nc1ccccc1. The van der Waals surface area contributed by atoms with Crippen molar-refractivity contribution < 1.29 is 8.76 Å². The summed E-state index contributed by atoms with van der Waals surface area (Å²) in [4.78, 5) is 0. The van der Waals surface area contributed by atoms with Gasteiger partial charge in [0.25, 0.3) is 0 Å². The monoisotopic (exact) mass is 173 g/mol. The van der Waals surface area contributed by atoms with Crippen molar-refractivity contribution in [2.24, 2.45) is 0 Å². The Morgan fingerprint density at radius 3 is 1.91 bits per heavy atom. The van der Waals surface area contributed by atoms with Crippen molar-refractivity contribution in [1.82, 2.24) is 0 Å².